The lowest BCUT2D eigenvalue weighted by molar-refractivity contribution is 0.340. The van der Waals surface area contributed by atoms with Crippen LogP contribution in [0.15, 0.2) is 28.8 Å². The number of rotatable bonds is 7. The lowest BCUT2D eigenvalue weighted by Gasteiger charge is -2.07. The Balaban J connectivity index is 1.78. The number of ether oxygens (including phenoxy) is 1. The number of aryl methyl sites for hydroxylation is 1. The van der Waals surface area contributed by atoms with E-state index in [4.69, 9.17) is 15.0 Å². The molecule has 114 valence electrons. The molecule has 9 heteroatoms. The number of benzene rings is 1. The number of nitrogens with two attached hydrogens (primary N) is 1. The predicted octanol–water partition coefficient (Wildman–Crippen LogP) is 0.459. The van der Waals surface area contributed by atoms with Crippen molar-refractivity contribution in [1.29, 1.82) is 0 Å². The van der Waals surface area contributed by atoms with Crippen LogP contribution < -0.4 is 15.2 Å². The van der Waals surface area contributed by atoms with Gasteiger partial charge in [0.2, 0.25) is 15.9 Å². The van der Waals surface area contributed by atoms with Gasteiger partial charge in [0.25, 0.3) is 0 Å². The lowest BCUT2D eigenvalue weighted by Crippen LogP contribution is -2.29. The molecule has 2 aromatic rings. The highest BCUT2D eigenvalue weighted by Crippen LogP contribution is 2.14. The molecule has 0 aliphatic heterocycles. The van der Waals surface area contributed by atoms with Gasteiger partial charge in [0.15, 0.2) is 5.82 Å². The Morgan fingerprint density at radius 2 is 2.24 bits per heavy atom. The van der Waals surface area contributed by atoms with Crippen LogP contribution in [-0.4, -0.2) is 30.9 Å². The van der Waals surface area contributed by atoms with Crippen LogP contribution in [0.5, 0.6) is 5.75 Å². The van der Waals surface area contributed by atoms with Crippen molar-refractivity contribution in [2.45, 2.75) is 13.5 Å². The van der Waals surface area contributed by atoms with Gasteiger partial charge in [-0.1, -0.05) is 11.2 Å². The van der Waals surface area contributed by atoms with E-state index in [9.17, 15) is 8.42 Å². The standard InChI is InChI=1S/C12H16N4O4S/c1-9-15-12(16-20-9)8-14-21(17,18)6-5-19-11-4-2-3-10(13)7-11/h2-4,7,14H,5-6,8,13H2,1H3. The second-order valence-electron chi connectivity index (χ2n) is 4.29. The highest BCUT2D eigenvalue weighted by molar-refractivity contribution is 7.89. The first-order valence-electron chi connectivity index (χ1n) is 6.19. The van der Waals surface area contributed by atoms with Crippen LogP contribution in [0.25, 0.3) is 0 Å². The summed E-state index contributed by atoms with van der Waals surface area (Å²) in [7, 11) is -3.48. The lowest BCUT2D eigenvalue weighted by atomic mass is 10.3. The number of hydrogen-bond donors (Lipinski definition) is 2. The maximum absolute atomic E-state index is 11.8. The number of hydrogen-bond acceptors (Lipinski definition) is 7. The molecule has 21 heavy (non-hydrogen) atoms. The molecular weight excluding hydrogens is 296 g/mol. The first-order chi connectivity index (χ1) is 9.94. The molecule has 3 N–H and O–H groups in total. The fourth-order valence-electron chi connectivity index (χ4n) is 1.53. The minimum atomic E-state index is -3.48. The molecule has 0 fully saturated rings. The Labute approximate surface area is 122 Å². The summed E-state index contributed by atoms with van der Waals surface area (Å²) in [6.07, 6.45) is 0. The van der Waals surface area contributed by atoms with E-state index in [-0.39, 0.29) is 24.7 Å². The average Bonchev–Trinajstić information content (AvgIpc) is 2.82. The molecule has 0 saturated heterocycles. The molecule has 0 bridgehead atoms. The molecule has 0 unspecified atom stereocenters. The Bertz CT molecular complexity index is 699. The van der Waals surface area contributed by atoms with Gasteiger partial charge in [0.05, 0.1) is 12.3 Å². The van der Waals surface area contributed by atoms with Gasteiger partial charge in [0, 0.05) is 18.7 Å². The van der Waals surface area contributed by atoms with Crippen molar-refractivity contribution in [2.75, 3.05) is 18.1 Å². The number of aromatic nitrogens is 2. The molecule has 0 aliphatic rings. The first-order valence-corrected chi connectivity index (χ1v) is 7.85. The van der Waals surface area contributed by atoms with Gasteiger partial charge >= 0.3 is 0 Å². The van der Waals surface area contributed by atoms with Gasteiger partial charge in [-0.05, 0) is 12.1 Å². The fourth-order valence-corrected chi connectivity index (χ4v) is 2.33. The molecule has 0 radical (unpaired) electrons. The zero-order chi connectivity index (χ0) is 15.3. The Morgan fingerprint density at radius 3 is 2.90 bits per heavy atom. The van der Waals surface area contributed by atoms with Gasteiger partial charge in [-0.15, -0.1) is 0 Å². The van der Waals surface area contributed by atoms with E-state index in [0.29, 0.717) is 17.3 Å². The van der Waals surface area contributed by atoms with E-state index in [0.717, 1.165) is 0 Å². The van der Waals surface area contributed by atoms with Crippen molar-refractivity contribution < 1.29 is 17.7 Å². The first kappa shape index (κ1) is 15.3. The van der Waals surface area contributed by atoms with Crippen molar-refractivity contribution in [3.05, 3.63) is 36.0 Å². The molecule has 1 aromatic heterocycles. The van der Waals surface area contributed by atoms with Gasteiger partial charge in [-0.25, -0.2) is 13.1 Å². The van der Waals surface area contributed by atoms with Crippen LogP contribution in [0, 0.1) is 6.92 Å². The normalized spacial score (nSPS) is 11.5. The Kier molecular flexibility index (Phi) is 4.76. The van der Waals surface area contributed by atoms with E-state index >= 15 is 0 Å². The van der Waals surface area contributed by atoms with Crippen molar-refractivity contribution in [3.63, 3.8) is 0 Å². The van der Waals surface area contributed by atoms with E-state index in [2.05, 4.69) is 14.9 Å². The van der Waals surface area contributed by atoms with Crippen molar-refractivity contribution >= 4 is 15.7 Å². The van der Waals surface area contributed by atoms with E-state index in [1.54, 1.807) is 31.2 Å². The third-order valence-corrected chi connectivity index (χ3v) is 3.79. The molecule has 8 nitrogen and oxygen atoms in total. The summed E-state index contributed by atoms with van der Waals surface area (Å²) >= 11 is 0. The van der Waals surface area contributed by atoms with Gasteiger partial charge < -0.3 is 15.0 Å². The van der Waals surface area contributed by atoms with Gasteiger partial charge in [-0.3, -0.25) is 0 Å². The van der Waals surface area contributed by atoms with Crippen LogP contribution in [-0.2, 0) is 16.6 Å². The zero-order valence-corrected chi connectivity index (χ0v) is 12.3. The molecule has 0 amide bonds. The number of nitrogens with one attached hydrogen (secondary N) is 1. The van der Waals surface area contributed by atoms with Crippen LogP contribution >= 0.6 is 0 Å². The summed E-state index contributed by atoms with van der Waals surface area (Å²) in [5.41, 5.74) is 6.15. The number of sulfonamides is 1. The van der Waals surface area contributed by atoms with Crippen molar-refractivity contribution in [3.8, 4) is 5.75 Å². The second-order valence-corrected chi connectivity index (χ2v) is 6.22. The number of anilines is 1. The molecule has 2 rings (SSSR count). The average molecular weight is 312 g/mol. The Morgan fingerprint density at radius 1 is 1.43 bits per heavy atom. The highest BCUT2D eigenvalue weighted by Gasteiger charge is 2.12. The van der Waals surface area contributed by atoms with E-state index < -0.39 is 10.0 Å². The maximum atomic E-state index is 11.8. The second kappa shape index (κ2) is 6.55. The summed E-state index contributed by atoms with van der Waals surface area (Å²) in [5, 5.41) is 3.60. The quantitative estimate of drug-likeness (QED) is 0.712. The Hall–Kier alpha value is -2.13. The minimum Gasteiger partial charge on any atom is -0.492 e. The van der Waals surface area contributed by atoms with Gasteiger partial charge in [0.1, 0.15) is 12.4 Å². The van der Waals surface area contributed by atoms with Crippen LogP contribution in [0.3, 0.4) is 0 Å². The molecule has 0 saturated carbocycles. The van der Waals surface area contributed by atoms with E-state index in [1.165, 1.54) is 0 Å². The summed E-state index contributed by atoms with van der Waals surface area (Å²) < 4.78 is 36.0. The summed E-state index contributed by atoms with van der Waals surface area (Å²) in [6.45, 7) is 1.63. The number of nitrogens with zero attached hydrogens (tertiary/aromatic N) is 2. The molecule has 0 spiro atoms. The molecule has 0 atom stereocenters. The summed E-state index contributed by atoms with van der Waals surface area (Å²) in [4.78, 5) is 3.90. The SMILES string of the molecule is Cc1nc(CNS(=O)(=O)CCOc2cccc(N)c2)no1. The van der Waals surface area contributed by atoms with Gasteiger partial charge in [-0.2, -0.15) is 4.98 Å². The summed E-state index contributed by atoms with van der Waals surface area (Å²) in [5.74, 6) is 1.01. The molecule has 0 aliphatic carbocycles. The summed E-state index contributed by atoms with van der Waals surface area (Å²) in [6, 6.07) is 6.79. The van der Waals surface area contributed by atoms with Crippen molar-refractivity contribution in [2.24, 2.45) is 0 Å². The molecule has 1 heterocycles. The zero-order valence-electron chi connectivity index (χ0n) is 11.4. The van der Waals surface area contributed by atoms with Crippen LogP contribution in [0.2, 0.25) is 0 Å². The topological polar surface area (TPSA) is 120 Å². The van der Waals surface area contributed by atoms with E-state index in [1.807, 2.05) is 0 Å². The number of nitrogen functional groups attached to an aromatic ring is 1. The maximum Gasteiger partial charge on any atom is 0.223 e. The predicted molar refractivity (Wildman–Crippen MR) is 76.0 cm³/mol. The minimum absolute atomic E-state index is 0.0159. The van der Waals surface area contributed by atoms with Crippen LogP contribution in [0.4, 0.5) is 5.69 Å². The highest BCUT2D eigenvalue weighted by atomic mass is 32.2. The monoisotopic (exact) mass is 312 g/mol. The third kappa shape index (κ3) is 5.04. The smallest absolute Gasteiger partial charge is 0.223 e. The third-order valence-electron chi connectivity index (χ3n) is 2.50. The molecular formula is C12H16N4O4S. The molecule has 1 aromatic carbocycles. The van der Waals surface area contributed by atoms with Crippen molar-refractivity contribution in [1.82, 2.24) is 14.9 Å². The van der Waals surface area contributed by atoms with Crippen LogP contribution in [0.1, 0.15) is 11.7 Å². The largest absolute Gasteiger partial charge is 0.492 e. The fraction of sp³-hybridized carbons (Fsp3) is 0.333.